The van der Waals surface area contributed by atoms with E-state index in [1.54, 1.807) is 7.11 Å². The highest BCUT2D eigenvalue weighted by molar-refractivity contribution is 5.82. The number of carbonyl (C=O) groups is 1. The van der Waals surface area contributed by atoms with E-state index in [1.165, 1.54) is 16.7 Å². The Morgan fingerprint density at radius 2 is 1.95 bits per heavy atom. The van der Waals surface area contributed by atoms with Crippen LogP contribution in [-0.2, 0) is 9.53 Å². The van der Waals surface area contributed by atoms with Crippen molar-refractivity contribution in [3.63, 3.8) is 0 Å². The van der Waals surface area contributed by atoms with Gasteiger partial charge in [0.15, 0.2) is 0 Å². The summed E-state index contributed by atoms with van der Waals surface area (Å²) in [5, 5.41) is 3.57. The Hall–Kier alpha value is -2.21. The van der Waals surface area contributed by atoms with Crippen LogP contribution in [0.15, 0.2) is 53.3 Å². The van der Waals surface area contributed by atoms with Gasteiger partial charge in [0.1, 0.15) is 0 Å². The van der Waals surface area contributed by atoms with Gasteiger partial charge in [-0.15, -0.1) is 0 Å². The minimum atomic E-state index is -2.63. The molecule has 0 bridgehead atoms. The first-order valence-electron chi connectivity index (χ1n) is 14.6. The number of nitrogens with one attached hydrogen (secondary N) is 1. The summed E-state index contributed by atoms with van der Waals surface area (Å²) < 4.78 is 35.0. The molecule has 1 aromatic rings. The molecule has 4 aliphatic rings. The molecule has 5 unspecified atom stereocenters. The van der Waals surface area contributed by atoms with Crippen LogP contribution in [0, 0.1) is 17.3 Å². The number of carbonyl (C=O) groups excluding carboxylic acids is 1. The Balaban J connectivity index is 1.46. The monoisotopic (exact) mass is 526 g/mol. The zero-order valence-corrected chi connectivity index (χ0v) is 23.3. The van der Waals surface area contributed by atoms with Crippen molar-refractivity contribution in [2.24, 2.45) is 17.3 Å². The van der Waals surface area contributed by atoms with Crippen LogP contribution in [0.1, 0.15) is 83.1 Å². The minimum absolute atomic E-state index is 0.0272. The summed E-state index contributed by atoms with van der Waals surface area (Å²) in [5.41, 5.74) is 3.47. The van der Waals surface area contributed by atoms with Gasteiger partial charge in [0.2, 0.25) is 11.8 Å². The van der Waals surface area contributed by atoms with E-state index in [1.807, 2.05) is 13.0 Å². The lowest BCUT2D eigenvalue weighted by molar-refractivity contribution is -0.146. The largest absolute Gasteiger partial charge is 0.501 e. The van der Waals surface area contributed by atoms with Crippen LogP contribution in [0.4, 0.5) is 8.78 Å². The molecule has 1 amide bonds. The molecule has 2 saturated carbocycles. The molecule has 5 rings (SSSR count). The maximum Gasteiger partial charge on any atom is 0.248 e. The molecule has 4 fully saturated rings. The zero-order chi connectivity index (χ0) is 26.9. The lowest BCUT2D eigenvalue weighted by Gasteiger charge is -2.49. The van der Waals surface area contributed by atoms with Gasteiger partial charge in [-0.1, -0.05) is 36.4 Å². The van der Waals surface area contributed by atoms with Crippen molar-refractivity contribution in [3.05, 3.63) is 58.9 Å². The van der Waals surface area contributed by atoms with Gasteiger partial charge in [0, 0.05) is 43.9 Å². The van der Waals surface area contributed by atoms with E-state index in [2.05, 4.69) is 47.5 Å². The predicted molar refractivity (Wildman–Crippen MR) is 147 cm³/mol. The van der Waals surface area contributed by atoms with Crippen LogP contribution in [0.25, 0.3) is 0 Å². The molecule has 5 atom stereocenters. The van der Waals surface area contributed by atoms with E-state index < -0.39 is 5.92 Å². The molecule has 1 aromatic carbocycles. The summed E-state index contributed by atoms with van der Waals surface area (Å²) in [6, 6.07) is 10.3. The highest BCUT2D eigenvalue weighted by Crippen LogP contribution is 2.53. The number of allylic oxidation sites excluding steroid dienone is 3. The van der Waals surface area contributed by atoms with Gasteiger partial charge in [-0.2, -0.15) is 0 Å². The lowest BCUT2D eigenvalue weighted by atomic mass is 9.62. The van der Waals surface area contributed by atoms with E-state index >= 15 is 0 Å². The second-order valence-corrected chi connectivity index (χ2v) is 12.1. The fourth-order valence-electron chi connectivity index (χ4n) is 8.21. The summed E-state index contributed by atoms with van der Waals surface area (Å²) >= 11 is 0. The third-order valence-electron chi connectivity index (χ3n) is 10.1. The normalized spacial score (nSPS) is 35.9. The molecule has 208 valence electrons. The van der Waals surface area contributed by atoms with Crippen LogP contribution in [0.5, 0.6) is 0 Å². The molecule has 1 spiro atoms. The number of likely N-dealkylation sites (tertiary alicyclic amines) is 1. The van der Waals surface area contributed by atoms with Crippen molar-refractivity contribution in [3.8, 4) is 0 Å². The van der Waals surface area contributed by atoms with Crippen LogP contribution >= 0.6 is 0 Å². The summed E-state index contributed by atoms with van der Waals surface area (Å²) in [5.74, 6) is -1.58. The Labute approximate surface area is 226 Å². The second-order valence-electron chi connectivity index (χ2n) is 12.1. The van der Waals surface area contributed by atoms with Crippen molar-refractivity contribution in [1.82, 2.24) is 10.2 Å². The summed E-state index contributed by atoms with van der Waals surface area (Å²) in [7, 11) is 1.72. The molecule has 1 N–H and O–H groups in total. The van der Waals surface area contributed by atoms with Gasteiger partial charge < -0.3 is 15.0 Å². The zero-order valence-electron chi connectivity index (χ0n) is 23.3. The molecule has 2 saturated heterocycles. The number of piperidine rings is 1. The van der Waals surface area contributed by atoms with Gasteiger partial charge in [-0.3, -0.25) is 4.79 Å². The van der Waals surface area contributed by atoms with Gasteiger partial charge in [-0.05, 0) is 87.3 Å². The van der Waals surface area contributed by atoms with Crippen LogP contribution < -0.4 is 5.32 Å². The fourth-order valence-corrected chi connectivity index (χ4v) is 8.21. The third kappa shape index (κ3) is 5.05. The lowest BCUT2D eigenvalue weighted by Crippen LogP contribution is -2.55. The van der Waals surface area contributed by atoms with Gasteiger partial charge in [0.05, 0.1) is 18.8 Å². The number of rotatable bonds is 4. The highest BCUT2D eigenvalue weighted by Gasteiger charge is 2.54. The number of hydrogen-bond donors (Lipinski definition) is 1. The van der Waals surface area contributed by atoms with Gasteiger partial charge in [0.25, 0.3) is 0 Å². The highest BCUT2D eigenvalue weighted by atomic mass is 19.3. The first-order chi connectivity index (χ1) is 18.3. The minimum Gasteiger partial charge on any atom is -0.501 e. The smallest absolute Gasteiger partial charge is 0.248 e. The van der Waals surface area contributed by atoms with Crippen molar-refractivity contribution >= 4 is 5.91 Å². The number of ether oxygens (including phenoxy) is 1. The number of nitrogens with zero attached hydrogens (tertiary/aromatic N) is 1. The summed E-state index contributed by atoms with van der Waals surface area (Å²) in [6.45, 7) is 6.15. The molecule has 6 heteroatoms. The average molecular weight is 527 g/mol. The predicted octanol–water partition coefficient (Wildman–Crippen LogP) is 6.84. The number of amides is 1. The van der Waals surface area contributed by atoms with E-state index in [4.69, 9.17) is 4.74 Å². The van der Waals surface area contributed by atoms with Crippen molar-refractivity contribution in [2.45, 2.75) is 89.5 Å². The number of alkyl halides is 2. The Bertz CT molecular complexity index is 1070. The molecule has 0 radical (unpaired) electrons. The summed E-state index contributed by atoms with van der Waals surface area (Å²) in [6.07, 6.45) is 7.97. The summed E-state index contributed by atoms with van der Waals surface area (Å²) in [4.78, 5) is 16.6. The first kappa shape index (κ1) is 27.4. The topological polar surface area (TPSA) is 41.6 Å². The quantitative estimate of drug-likeness (QED) is 0.437. The van der Waals surface area contributed by atoms with E-state index in [-0.39, 0.29) is 42.0 Å². The number of benzene rings is 1. The van der Waals surface area contributed by atoms with E-state index in [0.29, 0.717) is 25.4 Å². The average Bonchev–Trinajstić information content (AvgIpc) is 3.35. The molecule has 2 heterocycles. The van der Waals surface area contributed by atoms with Crippen molar-refractivity contribution < 1.29 is 18.3 Å². The molecular formula is C32H44F2N2O2. The molecular weight excluding hydrogens is 482 g/mol. The SMILES string of the molecule is CC=C1C(=C(C)OC)CCCC12CNCC2C(=O)N1CCC(c2ccccc2)CC1C1CCCC(F)(F)C1. The Morgan fingerprint density at radius 1 is 1.16 bits per heavy atom. The van der Waals surface area contributed by atoms with Gasteiger partial charge in [-0.25, -0.2) is 8.78 Å². The molecule has 2 aliphatic heterocycles. The number of hydrogen-bond acceptors (Lipinski definition) is 3. The number of methoxy groups -OCH3 is 1. The van der Waals surface area contributed by atoms with Crippen molar-refractivity contribution in [2.75, 3.05) is 26.7 Å². The van der Waals surface area contributed by atoms with Crippen molar-refractivity contribution in [1.29, 1.82) is 0 Å². The van der Waals surface area contributed by atoms with E-state index in [9.17, 15) is 13.6 Å². The Morgan fingerprint density at radius 3 is 2.66 bits per heavy atom. The molecule has 38 heavy (non-hydrogen) atoms. The van der Waals surface area contributed by atoms with Crippen LogP contribution in [0.3, 0.4) is 0 Å². The van der Waals surface area contributed by atoms with E-state index in [0.717, 1.165) is 50.8 Å². The van der Waals surface area contributed by atoms with Crippen LogP contribution in [-0.4, -0.2) is 49.5 Å². The van der Waals surface area contributed by atoms with Gasteiger partial charge >= 0.3 is 0 Å². The molecule has 4 nitrogen and oxygen atoms in total. The maximum absolute atomic E-state index is 14.7. The Kier molecular flexibility index (Phi) is 8.00. The molecule has 2 aliphatic carbocycles. The third-order valence-corrected chi connectivity index (χ3v) is 10.1. The fraction of sp³-hybridized carbons (Fsp3) is 0.656. The maximum atomic E-state index is 14.7. The first-order valence-corrected chi connectivity index (χ1v) is 14.6. The standard InChI is InChI=1S/C32H44F2N2O2/c1-4-27-26(22(2)38-3)13-9-15-31(27)21-35-20-28(31)30(37)36-17-14-24(23-10-6-5-7-11-23)18-29(36)25-12-8-16-32(33,34)19-25/h4-7,10-11,24-25,28-29,35H,8-9,12-21H2,1-3H3. The number of halogens is 2. The molecule has 0 aromatic heterocycles. The second kappa shape index (κ2) is 11.1. The van der Waals surface area contributed by atoms with Crippen LogP contribution in [0.2, 0.25) is 0 Å².